The van der Waals surface area contributed by atoms with Crippen LogP contribution in [0, 0.1) is 11.6 Å². The van der Waals surface area contributed by atoms with Crippen molar-refractivity contribution >= 4 is 21.7 Å². The monoisotopic (exact) mass is 448 g/mol. The van der Waals surface area contributed by atoms with Crippen LogP contribution in [0.25, 0.3) is 11.1 Å². The molecule has 1 aliphatic rings. The third-order valence-electron chi connectivity index (χ3n) is 4.45. The lowest BCUT2D eigenvalue weighted by atomic mass is 10.0. The average molecular weight is 448 g/mol. The van der Waals surface area contributed by atoms with Crippen molar-refractivity contribution in [2.45, 2.75) is 4.90 Å². The Balaban J connectivity index is 1.92. The number of aromatic amines is 1. The van der Waals surface area contributed by atoms with Crippen LogP contribution in [0.2, 0.25) is 0 Å². The van der Waals surface area contributed by atoms with Crippen molar-refractivity contribution in [1.82, 2.24) is 4.98 Å². The molecule has 1 aliphatic heterocycles. The Morgan fingerprint density at radius 1 is 0.903 bits per heavy atom. The zero-order valence-corrected chi connectivity index (χ0v) is 16.5. The third kappa shape index (κ3) is 3.99. The first-order chi connectivity index (χ1) is 14.8. The van der Waals surface area contributed by atoms with Crippen molar-refractivity contribution < 1.29 is 31.5 Å². The smallest absolute Gasteiger partial charge is 0.339 e. The van der Waals surface area contributed by atoms with Crippen LogP contribution in [0.15, 0.2) is 58.4 Å². The third-order valence-corrected chi connectivity index (χ3v) is 5.82. The van der Waals surface area contributed by atoms with E-state index in [2.05, 4.69) is 4.98 Å². The summed E-state index contributed by atoms with van der Waals surface area (Å²) in [5.41, 5.74) is -1.78. The van der Waals surface area contributed by atoms with Crippen LogP contribution in [0.3, 0.4) is 0 Å². The molecule has 11 heteroatoms. The van der Waals surface area contributed by atoms with Gasteiger partial charge in [0.05, 0.1) is 11.3 Å². The maximum absolute atomic E-state index is 14.6. The minimum atomic E-state index is -4.64. The molecule has 0 radical (unpaired) electrons. The van der Waals surface area contributed by atoms with Gasteiger partial charge in [-0.25, -0.2) is 22.0 Å². The van der Waals surface area contributed by atoms with Crippen LogP contribution in [0.4, 0.5) is 14.5 Å². The van der Waals surface area contributed by atoms with E-state index >= 15 is 0 Å². The summed E-state index contributed by atoms with van der Waals surface area (Å²) in [6.45, 7) is -0.297. The molecule has 0 saturated heterocycles. The zero-order valence-electron chi connectivity index (χ0n) is 15.6. The van der Waals surface area contributed by atoms with Crippen LogP contribution >= 0.6 is 0 Å². The lowest BCUT2D eigenvalue weighted by Gasteiger charge is -2.14. The first-order valence-electron chi connectivity index (χ1n) is 8.90. The number of cyclic esters (lactones) is 1. The van der Waals surface area contributed by atoms with Gasteiger partial charge in [0.25, 0.3) is 15.6 Å². The van der Waals surface area contributed by atoms with Crippen LogP contribution in [-0.2, 0) is 14.8 Å². The van der Waals surface area contributed by atoms with Gasteiger partial charge in [0, 0.05) is 23.4 Å². The molecule has 4 rings (SSSR count). The van der Waals surface area contributed by atoms with E-state index in [9.17, 15) is 26.8 Å². The van der Waals surface area contributed by atoms with Crippen molar-refractivity contribution in [2.24, 2.45) is 0 Å². The van der Waals surface area contributed by atoms with Crippen LogP contribution in [-0.4, -0.2) is 32.6 Å². The Morgan fingerprint density at radius 2 is 1.65 bits per heavy atom. The van der Waals surface area contributed by atoms with Gasteiger partial charge in [0.1, 0.15) is 30.6 Å². The highest BCUT2D eigenvalue weighted by Crippen LogP contribution is 2.35. The minimum absolute atomic E-state index is 0.0921. The molecule has 3 aromatic rings. The maximum atomic E-state index is 14.6. The molecule has 160 valence electrons. The van der Waals surface area contributed by atoms with E-state index in [0.717, 1.165) is 18.3 Å². The molecule has 0 aliphatic carbocycles. The number of benzene rings is 2. The number of halogens is 2. The molecule has 0 atom stereocenters. The molecule has 0 unspecified atom stereocenters. The number of carbonyl (C=O) groups excluding carboxylic acids is 1. The number of aromatic nitrogens is 1. The Morgan fingerprint density at radius 3 is 2.45 bits per heavy atom. The van der Waals surface area contributed by atoms with Crippen LogP contribution in [0.5, 0.6) is 5.75 Å². The van der Waals surface area contributed by atoms with Crippen molar-refractivity contribution in [1.29, 1.82) is 0 Å². The fourth-order valence-electron chi connectivity index (χ4n) is 3.00. The van der Waals surface area contributed by atoms with E-state index in [4.69, 9.17) is 9.47 Å². The second-order valence-electron chi connectivity index (χ2n) is 6.48. The minimum Gasteiger partial charge on any atom is -0.489 e. The normalized spacial score (nSPS) is 15.4. The largest absolute Gasteiger partial charge is 0.489 e. The number of rotatable bonds is 0. The highest BCUT2D eigenvalue weighted by atomic mass is 32.2. The van der Waals surface area contributed by atoms with E-state index in [1.54, 1.807) is 12.1 Å². The Labute approximate surface area is 174 Å². The summed E-state index contributed by atoms with van der Waals surface area (Å²) in [6, 6.07) is 8.54. The number of hydrogen-bond donors (Lipinski definition) is 2. The molecule has 31 heavy (non-hydrogen) atoms. The van der Waals surface area contributed by atoms with Gasteiger partial charge >= 0.3 is 5.97 Å². The first kappa shape index (κ1) is 20.5. The van der Waals surface area contributed by atoms with Gasteiger partial charge in [-0.2, -0.15) is 0 Å². The SMILES string of the molecule is O=C1OCCOc2ccccc2-c2cc(c(F)cc2F)NS(=O)(=O)c2cc1c[nH]c2=O. The van der Waals surface area contributed by atoms with E-state index in [-0.39, 0.29) is 35.7 Å². The van der Waals surface area contributed by atoms with Gasteiger partial charge in [-0.05, 0) is 18.2 Å². The lowest BCUT2D eigenvalue weighted by molar-refractivity contribution is 0.0450. The summed E-state index contributed by atoms with van der Waals surface area (Å²) in [7, 11) is -4.64. The van der Waals surface area contributed by atoms with Gasteiger partial charge in [-0.15, -0.1) is 0 Å². The van der Waals surface area contributed by atoms with E-state index in [1.165, 1.54) is 12.1 Å². The number of hydrogen-bond acceptors (Lipinski definition) is 6. The Kier molecular flexibility index (Phi) is 5.19. The van der Waals surface area contributed by atoms with Gasteiger partial charge < -0.3 is 14.5 Å². The van der Waals surface area contributed by atoms with Gasteiger partial charge in [0.15, 0.2) is 4.90 Å². The number of sulfonamides is 1. The lowest BCUT2D eigenvalue weighted by Crippen LogP contribution is -2.24. The molecule has 0 fully saturated rings. The second kappa shape index (κ2) is 7.84. The molecular weight excluding hydrogens is 434 g/mol. The van der Waals surface area contributed by atoms with Crippen molar-refractivity contribution in [3.8, 4) is 16.9 Å². The van der Waals surface area contributed by atoms with E-state index in [1.807, 2.05) is 4.72 Å². The number of anilines is 1. The van der Waals surface area contributed by atoms with Crippen molar-refractivity contribution in [3.63, 3.8) is 0 Å². The average Bonchev–Trinajstić information content (AvgIpc) is 2.73. The Bertz CT molecular complexity index is 1350. The van der Waals surface area contributed by atoms with Gasteiger partial charge in [-0.1, -0.05) is 18.2 Å². The molecule has 2 aromatic carbocycles. The number of ether oxygens (including phenoxy) is 2. The fraction of sp³-hybridized carbons (Fsp3) is 0.100. The van der Waals surface area contributed by atoms with Gasteiger partial charge in [0.2, 0.25) is 0 Å². The maximum Gasteiger partial charge on any atom is 0.339 e. The first-order valence-corrected chi connectivity index (χ1v) is 10.4. The number of nitrogens with one attached hydrogen (secondary N) is 2. The highest BCUT2D eigenvalue weighted by molar-refractivity contribution is 7.92. The predicted octanol–water partition coefficient (Wildman–Crippen LogP) is 2.67. The summed E-state index contributed by atoms with van der Waals surface area (Å²) in [4.78, 5) is 25.6. The molecule has 0 saturated carbocycles. The van der Waals surface area contributed by atoms with Crippen LogP contribution < -0.4 is 15.0 Å². The predicted molar refractivity (Wildman–Crippen MR) is 105 cm³/mol. The summed E-state index contributed by atoms with van der Waals surface area (Å²) >= 11 is 0. The molecule has 2 heterocycles. The molecule has 0 amide bonds. The Hall–Kier alpha value is -3.73. The molecule has 0 spiro atoms. The van der Waals surface area contributed by atoms with Crippen molar-refractivity contribution in [3.05, 3.63) is 76.2 Å². The molecular formula is C20H14F2N2O6S. The molecule has 8 nitrogen and oxygen atoms in total. The van der Waals surface area contributed by atoms with E-state index < -0.39 is 43.8 Å². The van der Waals surface area contributed by atoms with Crippen LogP contribution in [0.1, 0.15) is 10.4 Å². The quantitative estimate of drug-likeness (QED) is 0.511. The highest BCUT2D eigenvalue weighted by Gasteiger charge is 2.24. The molecule has 4 bridgehead atoms. The molecule has 1 aromatic heterocycles. The second-order valence-corrected chi connectivity index (χ2v) is 8.13. The number of pyridine rings is 1. The standard InChI is InChI=1S/C20H14F2N2O6S/c21-14-9-15(22)16-8-13(14)12-3-1-2-4-17(12)29-5-6-30-20(26)11-7-18(19(25)23-10-11)31(27,28)24-16/h1-4,7-10,24H,5-6H2,(H,23,25). The van der Waals surface area contributed by atoms with E-state index in [0.29, 0.717) is 6.07 Å². The van der Waals surface area contributed by atoms with Gasteiger partial charge in [-0.3, -0.25) is 9.52 Å². The number of esters is 1. The zero-order chi connectivity index (χ0) is 22.2. The summed E-state index contributed by atoms with van der Waals surface area (Å²) in [5.74, 6) is -2.84. The number of para-hydroxylation sites is 1. The summed E-state index contributed by atoms with van der Waals surface area (Å²) < 4.78 is 67.0. The van der Waals surface area contributed by atoms with Crippen molar-refractivity contribution in [2.75, 3.05) is 17.9 Å². The summed E-state index contributed by atoms with van der Waals surface area (Å²) in [5, 5.41) is 0. The molecule has 2 N–H and O–H groups in total. The fourth-order valence-corrected chi connectivity index (χ4v) is 4.14. The number of carbonyl (C=O) groups is 1. The summed E-state index contributed by atoms with van der Waals surface area (Å²) in [6.07, 6.45) is 0.995. The topological polar surface area (TPSA) is 115 Å². The number of H-pyrrole nitrogens is 1. The number of fused-ring (bicyclic) bond motifs is 6.